The summed E-state index contributed by atoms with van der Waals surface area (Å²) in [4.78, 5) is 0. The van der Waals surface area contributed by atoms with Crippen molar-refractivity contribution < 1.29 is 26.7 Å². The minimum Gasteiger partial charge on any atom is -0.403 e. The van der Waals surface area contributed by atoms with Crippen LogP contribution in [0.25, 0.3) is 0 Å². The Morgan fingerprint density at radius 2 is 1.71 bits per heavy atom. The molecule has 0 amide bonds. The highest BCUT2D eigenvalue weighted by atomic mass is 79.9. The van der Waals surface area contributed by atoms with E-state index in [4.69, 9.17) is 0 Å². The zero-order valence-electron chi connectivity index (χ0n) is 6.33. The number of halogens is 6. The van der Waals surface area contributed by atoms with Crippen LogP contribution in [0.2, 0.25) is 0 Å². The molecule has 0 radical (unpaired) electrons. The Morgan fingerprint density at radius 3 is 2.21 bits per heavy atom. The van der Waals surface area contributed by atoms with Crippen LogP contribution >= 0.6 is 15.9 Å². The van der Waals surface area contributed by atoms with Gasteiger partial charge in [-0.3, -0.25) is 0 Å². The maximum atomic E-state index is 12.9. The quantitative estimate of drug-likeness (QED) is 0.562. The monoisotopic (exact) mass is 276 g/mol. The molecule has 0 N–H and O–H groups in total. The van der Waals surface area contributed by atoms with E-state index in [2.05, 4.69) is 20.7 Å². The molecule has 0 aliphatic rings. The van der Waals surface area contributed by atoms with Crippen LogP contribution in [-0.2, 0) is 0 Å². The molecule has 0 bridgehead atoms. The molecule has 1 nitrogen and oxygen atoms in total. The number of benzene rings is 1. The lowest BCUT2D eigenvalue weighted by Crippen LogP contribution is -2.18. The first kappa shape index (κ1) is 11.2. The number of alkyl halides is 3. The van der Waals surface area contributed by atoms with Crippen LogP contribution in [0, 0.1) is 11.6 Å². The Morgan fingerprint density at radius 1 is 1.14 bits per heavy atom. The summed E-state index contributed by atoms with van der Waals surface area (Å²) < 4.78 is 63.0. The van der Waals surface area contributed by atoms with Gasteiger partial charge in [0, 0.05) is 0 Å². The van der Waals surface area contributed by atoms with Gasteiger partial charge >= 0.3 is 6.36 Å². The minimum absolute atomic E-state index is 0.558. The molecule has 1 aromatic carbocycles. The van der Waals surface area contributed by atoms with Crippen LogP contribution in [0.1, 0.15) is 0 Å². The van der Waals surface area contributed by atoms with Crippen LogP contribution in [0.5, 0.6) is 5.75 Å². The van der Waals surface area contributed by atoms with Gasteiger partial charge in [0.2, 0.25) is 0 Å². The summed E-state index contributed by atoms with van der Waals surface area (Å²) in [7, 11) is 0. The zero-order chi connectivity index (χ0) is 10.9. The number of hydrogen-bond acceptors (Lipinski definition) is 1. The molecule has 1 rings (SSSR count). The van der Waals surface area contributed by atoms with Gasteiger partial charge in [0.05, 0.1) is 4.47 Å². The third-order valence-corrected chi connectivity index (χ3v) is 1.95. The average Bonchev–Trinajstić information content (AvgIpc) is 2.04. The second-order valence-electron chi connectivity index (χ2n) is 2.22. The van der Waals surface area contributed by atoms with Gasteiger partial charge in [0.1, 0.15) is 5.82 Å². The molecule has 14 heavy (non-hydrogen) atoms. The maximum absolute atomic E-state index is 12.9. The predicted molar refractivity (Wildman–Crippen MR) is 40.7 cm³/mol. The van der Waals surface area contributed by atoms with Crippen molar-refractivity contribution in [3.05, 3.63) is 28.2 Å². The summed E-state index contributed by atoms with van der Waals surface area (Å²) in [6.07, 6.45) is -5.00. The van der Waals surface area contributed by atoms with Crippen LogP contribution in [0.4, 0.5) is 22.0 Å². The summed E-state index contributed by atoms with van der Waals surface area (Å²) in [6, 6.07) is 1.22. The number of ether oxygens (including phenoxy) is 1. The summed E-state index contributed by atoms with van der Waals surface area (Å²) in [5.74, 6) is -3.51. The van der Waals surface area contributed by atoms with Crippen molar-refractivity contribution in [3.8, 4) is 5.75 Å². The van der Waals surface area contributed by atoms with Crippen molar-refractivity contribution in [1.82, 2.24) is 0 Å². The highest BCUT2D eigenvalue weighted by Gasteiger charge is 2.33. The van der Waals surface area contributed by atoms with Crippen molar-refractivity contribution in [1.29, 1.82) is 0 Å². The summed E-state index contributed by atoms with van der Waals surface area (Å²) in [5.41, 5.74) is 0. The lowest BCUT2D eigenvalue weighted by Gasteiger charge is -2.10. The van der Waals surface area contributed by atoms with Crippen LogP contribution in [-0.4, -0.2) is 6.36 Å². The fourth-order valence-corrected chi connectivity index (χ4v) is 1.04. The largest absolute Gasteiger partial charge is 0.573 e. The Kier molecular flexibility index (Phi) is 2.98. The molecule has 0 atom stereocenters. The minimum atomic E-state index is -5.00. The van der Waals surface area contributed by atoms with E-state index >= 15 is 0 Å². The van der Waals surface area contributed by atoms with E-state index in [0.717, 1.165) is 0 Å². The second-order valence-corrected chi connectivity index (χ2v) is 3.01. The van der Waals surface area contributed by atoms with Gasteiger partial charge in [-0.2, -0.15) is 0 Å². The average molecular weight is 277 g/mol. The molecule has 1 aromatic rings. The number of hydrogen-bond donors (Lipinski definition) is 0. The molecule has 0 aliphatic carbocycles. The molecule has 0 saturated heterocycles. The lowest BCUT2D eigenvalue weighted by atomic mass is 10.3. The molecule has 78 valence electrons. The van der Waals surface area contributed by atoms with E-state index in [1.807, 2.05) is 0 Å². The van der Waals surface area contributed by atoms with E-state index in [0.29, 0.717) is 12.1 Å². The molecular weight excluding hydrogens is 275 g/mol. The first-order chi connectivity index (χ1) is 6.31. The van der Waals surface area contributed by atoms with Crippen molar-refractivity contribution in [2.45, 2.75) is 6.36 Å². The van der Waals surface area contributed by atoms with Gasteiger partial charge in [-0.1, -0.05) is 0 Å². The first-order valence-corrected chi connectivity index (χ1v) is 4.00. The van der Waals surface area contributed by atoms with Crippen molar-refractivity contribution in [3.63, 3.8) is 0 Å². The zero-order valence-corrected chi connectivity index (χ0v) is 7.92. The molecule has 0 saturated carbocycles. The second kappa shape index (κ2) is 3.72. The van der Waals surface area contributed by atoms with Gasteiger partial charge in [0.25, 0.3) is 0 Å². The Labute approximate surface area is 83.6 Å². The first-order valence-electron chi connectivity index (χ1n) is 3.20. The summed E-state index contributed by atoms with van der Waals surface area (Å²) in [5, 5.41) is 0. The van der Waals surface area contributed by atoms with Crippen LogP contribution in [0.15, 0.2) is 16.6 Å². The van der Waals surface area contributed by atoms with Crippen molar-refractivity contribution in [2.75, 3.05) is 0 Å². The Balaban J connectivity index is 3.06. The smallest absolute Gasteiger partial charge is 0.403 e. The standard InChI is InChI=1S/C7H2BrF5O/c8-5-3(9)1-2-4(6(5)10)14-7(11,12)13/h1-2H. The van der Waals surface area contributed by atoms with Gasteiger partial charge in [-0.05, 0) is 28.1 Å². The number of rotatable bonds is 1. The van der Waals surface area contributed by atoms with E-state index < -0.39 is 28.2 Å². The molecule has 0 unspecified atom stereocenters. The van der Waals surface area contributed by atoms with Crippen LogP contribution in [0.3, 0.4) is 0 Å². The topological polar surface area (TPSA) is 9.23 Å². The highest BCUT2D eigenvalue weighted by molar-refractivity contribution is 9.10. The molecular formula is C7H2BrF5O. The van der Waals surface area contributed by atoms with Gasteiger partial charge in [-0.25, -0.2) is 8.78 Å². The summed E-state index contributed by atoms with van der Waals surface area (Å²) >= 11 is 2.44. The molecule has 0 spiro atoms. The van der Waals surface area contributed by atoms with Crippen molar-refractivity contribution >= 4 is 15.9 Å². The normalized spacial score (nSPS) is 11.6. The van der Waals surface area contributed by atoms with E-state index in [-0.39, 0.29) is 0 Å². The third-order valence-electron chi connectivity index (χ3n) is 1.23. The Bertz CT molecular complexity index is 349. The predicted octanol–water partition coefficient (Wildman–Crippen LogP) is 3.63. The fraction of sp³-hybridized carbons (Fsp3) is 0.143. The Hall–Kier alpha value is -0.850. The third kappa shape index (κ3) is 2.57. The molecule has 0 aliphatic heterocycles. The molecule has 0 heterocycles. The van der Waals surface area contributed by atoms with Gasteiger partial charge in [-0.15, -0.1) is 13.2 Å². The van der Waals surface area contributed by atoms with Crippen LogP contribution < -0.4 is 4.74 Å². The van der Waals surface area contributed by atoms with E-state index in [1.165, 1.54) is 0 Å². The highest BCUT2D eigenvalue weighted by Crippen LogP contribution is 2.31. The molecule has 7 heteroatoms. The van der Waals surface area contributed by atoms with Gasteiger partial charge < -0.3 is 4.74 Å². The SMILES string of the molecule is Fc1ccc(OC(F)(F)F)c(F)c1Br. The molecule has 0 fully saturated rings. The maximum Gasteiger partial charge on any atom is 0.573 e. The summed E-state index contributed by atoms with van der Waals surface area (Å²) in [6.45, 7) is 0. The molecule has 0 aromatic heterocycles. The van der Waals surface area contributed by atoms with E-state index in [1.54, 1.807) is 0 Å². The lowest BCUT2D eigenvalue weighted by molar-refractivity contribution is -0.275. The van der Waals surface area contributed by atoms with Crippen molar-refractivity contribution in [2.24, 2.45) is 0 Å². The fourth-order valence-electron chi connectivity index (χ4n) is 0.712. The van der Waals surface area contributed by atoms with E-state index in [9.17, 15) is 22.0 Å². The van der Waals surface area contributed by atoms with Gasteiger partial charge in [0.15, 0.2) is 11.6 Å².